The van der Waals surface area contributed by atoms with E-state index < -0.39 is 6.17 Å². The van der Waals surface area contributed by atoms with Gasteiger partial charge < -0.3 is 0 Å². The zero-order valence-electron chi connectivity index (χ0n) is 4.23. The second-order valence-electron chi connectivity index (χ2n) is 1.88. The van der Waals surface area contributed by atoms with Crippen LogP contribution in [0.2, 0.25) is 0 Å². The van der Waals surface area contributed by atoms with Crippen molar-refractivity contribution < 1.29 is 4.39 Å². The minimum Gasteiger partial charge on any atom is -0.243 e. The molecule has 0 aliphatic heterocycles. The van der Waals surface area contributed by atoms with Gasteiger partial charge in [0.15, 0.2) is 0 Å². The van der Waals surface area contributed by atoms with Crippen molar-refractivity contribution in [2.45, 2.75) is 25.4 Å². The zero-order valence-corrected chi connectivity index (χ0v) is 4.23. The van der Waals surface area contributed by atoms with Gasteiger partial charge in [-0.1, -0.05) is 12.2 Å². The Balaban J connectivity index is 2.36. The first-order valence-electron chi connectivity index (χ1n) is 2.70. The van der Waals surface area contributed by atoms with Crippen LogP contribution in [-0.4, -0.2) is 6.17 Å². The normalized spacial score (nSPS) is 30.7. The number of allylic oxidation sites excluding steroid dienone is 2. The average Bonchev–Trinajstić information content (AvgIpc) is 1.69. The molecule has 1 aliphatic carbocycles. The van der Waals surface area contributed by atoms with E-state index in [-0.39, 0.29) is 0 Å². The fourth-order valence-electron chi connectivity index (χ4n) is 0.771. The number of alkyl halides is 1. The summed E-state index contributed by atoms with van der Waals surface area (Å²) in [7, 11) is 0. The maximum Gasteiger partial charge on any atom is 0.118 e. The average molecular weight is 100 g/mol. The third-order valence-corrected chi connectivity index (χ3v) is 1.20. The third kappa shape index (κ3) is 1.30. The maximum atomic E-state index is 12.1. The van der Waals surface area contributed by atoms with Crippen molar-refractivity contribution in [1.82, 2.24) is 0 Å². The van der Waals surface area contributed by atoms with Gasteiger partial charge in [-0.2, -0.15) is 0 Å². The summed E-state index contributed by atoms with van der Waals surface area (Å²) < 4.78 is 12.1. The Morgan fingerprint density at radius 2 is 2.43 bits per heavy atom. The summed E-state index contributed by atoms with van der Waals surface area (Å²) >= 11 is 0. The molecule has 0 spiro atoms. The van der Waals surface area contributed by atoms with Crippen LogP contribution in [0.4, 0.5) is 4.39 Å². The fourth-order valence-corrected chi connectivity index (χ4v) is 0.771. The van der Waals surface area contributed by atoms with Crippen molar-refractivity contribution in [3.63, 3.8) is 0 Å². The summed E-state index contributed by atoms with van der Waals surface area (Å²) in [6.07, 6.45) is 5.74. The molecular formula is C6H9F. The first-order chi connectivity index (χ1) is 3.39. The van der Waals surface area contributed by atoms with E-state index in [0.29, 0.717) is 0 Å². The monoisotopic (exact) mass is 100 g/mol. The van der Waals surface area contributed by atoms with Crippen LogP contribution in [0.1, 0.15) is 19.3 Å². The Morgan fingerprint density at radius 3 is 2.71 bits per heavy atom. The van der Waals surface area contributed by atoms with E-state index in [1.54, 1.807) is 6.08 Å². The van der Waals surface area contributed by atoms with Gasteiger partial charge in [-0.3, -0.25) is 0 Å². The second kappa shape index (κ2) is 2.10. The Labute approximate surface area is 43.0 Å². The van der Waals surface area contributed by atoms with Crippen molar-refractivity contribution in [2.75, 3.05) is 0 Å². The van der Waals surface area contributed by atoms with Gasteiger partial charge in [0, 0.05) is 0 Å². The molecule has 0 radical (unpaired) electrons. The molecule has 0 unspecified atom stereocenters. The minimum atomic E-state index is -0.645. The van der Waals surface area contributed by atoms with E-state index in [4.69, 9.17) is 0 Å². The highest BCUT2D eigenvalue weighted by molar-refractivity contribution is 4.92. The summed E-state index contributed by atoms with van der Waals surface area (Å²) in [6.45, 7) is 0. The van der Waals surface area contributed by atoms with E-state index in [1.165, 1.54) is 0 Å². The lowest BCUT2D eigenvalue weighted by molar-refractivity contribution is 0.361. The van der Waals surface area contributed by atoms with Gasteiger partial charge in [0.25, 0.3) is 0 Å². The smallest absolute Gasteiger partial charge is 0.118 e. The Kier molecular flexibility index (Phi) is 1.45. The highest BCUT2D eigenvalue weighted by atomic mass is 19.1. The van der Waals surface area contributed by atoms with Gasteiger partial charge in [-0.15, -0.1) is 0 Å². The van der Waals surface area contributed by atoms with Gasteiger partial charge in [-0.05, 0) is 19.3 Å². The largest absolute Gasteiger partial charge is 0.243 e. The molecule has 0 heterocycles. The minimum absolute atomic E-state index is 0.645. The van der Waals surface area contributed by atoms with E-state index in [0.717, 1.165) is 19.3 Å². The third-order valence-electron chi connectivity index (χ3n) is 1.20. The number of rotatable bonds is 0. The van der Waals surface area contributed by atoms with Gasteiger partial charge in [0.05, 0.1) is 0 Å². The molecule has 1 heteroatoms. The molecule has 0 saturated heterocycles. The van der Waals surface area contributed by atoms with E-state index in [2.05, 4.69) is 0 Å². The Hall–Kier alpha value is -0.330. The second-order valence-corrected chi connectivity index (χ2v) is 1.88. The summed E-state index contributed by atoms with van der Waals surface area (Å²) in [5, 5.41) is 0. The number of hydrogen-bond donors (Lipinski definition) is 0. The number of hydrogen-bond acceptors (Lipinski definition) is 0. The van der Waals surface area contributed by atoms with Crippen LogP contribution in [0.5, 0.6) is 0 Å². The molecule has 7 heavy (non-hydrogen) atoms. The van der Waals surface area contributed by atoms with Crippen LogP contribution >= 0.6 is 0 Å². The van der Waals surface area contributed by atoms with Crippen molar-refractivity contribution >= 4 is 0 Å². The highest BCUT2D eigenvalue weighted by Gasteiger charge is 2.02. The molecule has 0 aromatic carbocycles. The van der Waals surface area contributed by atoms with E-state index >= 15 is 0 Å². The van der Waals surface area contributed by atoms with Gasteiger partial charge in [0.2, 0.25) is 0 Å². The zero-order chi connectivity index (χ0) is 5.11. The predicted octanol–water partition coefficient (Wildman–Crippen LogP) is 2.06. The molecule has 0 aromatic rings. The quantitative estimate of drug-likeness (QED) is 0.409. The van der Waals surface area contributed by atoms with E-state index in [9.17, 15) is 4.39 Å². The lowest BCUT2D eigenvalue weighted by Crippen LogP contribution is -1.97. The first-order valence-corrected chi connectivity index (χ1v) is 2.70. The highest BCUT2D eigenvalue weighted by Crippen LogP contribution is 2.12. The molecule has 0 saturated carbocycles. The summed E-state index contributed by atoms with van der Waals surface area (Å²) in [5.74, 6) is 0. The maximum absolute atomic E-state index is 12.1. The van der Waals surface area contributed by atoms with Crippen LogP contribution in [0.15, 0.2) is 12.2 Å². The van der Waals surface area contributed by atoms with Crippen molar-refractivity contribution in [1.29, 1.82) is 0 Å². The molecule has 1 aliphatic rings. The molecule has 0 nitrogen and oxygen atoms in total. The topological polar surface area (TPSA) is 0 Å². The van der Waals surface area contributed by atoms with Crippen LogP contribution in [0.3, 0.4) is 0 Å². The van der Waals surface area contributed by atoms with Crippen LogP contribution in [0, 0.1) is 0 Å². The van der Waals surface area contributed by atoms with E-state index in [1.807, 2.05) is 6.08 Å². The molecule has 0 aromatic heterocycles. The van der Waals surface area contributed by atoms with Crippen LogP contribution < -0.4 is 0 Å². The molecule has 0 amide bonds. The van der Waals surface area contributed by atoms with Crippen LogP contribution in [-0.2, 0) is 0 Å². The fraction of sp³-hybridized carbons (Fsp3) is 0.667. The molecule has 0 bridgehead atoms. The predicted molar refractivity (Wildman–Crippen MR) is 27.9 cm³/mol. The SMILES string of the molecule is F[C@@H]1C=CCCC1. The molecule has 0 N–H and O–H groups in total. The Bertz CT molecular complexity index is 76.2. The number of halogens is 1. The Morgan fingerprint density at radius 1 is 1.57 bits per heavy atom. The molecule has 0 fully saturated rings. The van der Waals surface area contributed by atoms with Crippen LogP contribution in [0.25, 0.3) is 0 Å². The molecule has 1 rings (SSSR count). The van der Waals surface area contributed by atoms with Gasteiger partial charge in [0.1, 0.15) is 6.17 Å². The van der Waals surface area contributed by atoms with Gasteiger partial charge in [-0.25, -0.2) is 4.39 Å². The first kappa shape index (κ1) is 4.82. The van der Waals surface area contributed by atoms with Crippen molar-refractivity contribution in [3.8, 4) is 0 Å². The molecule has 1 atom stereocenters. The van der Waals surface area contributed by atoms with Crippen molar-refractivity contribution in [2.24, 2.45) is 0 Å². The molecular weight excluding hydrogens is 91.1 g/mol. The summed E-state index contributed by atoms with van der Waals surface area (Å²) in [4.78, 5) is 0. The standard InChI is InChI=1S/C6H9F/c7-6-4-2-1-3-5-6/h2,4,6H,1,3,5H2/t6-/m1/s1. The lowest BCUT2D eigenvalue weighted by Gasteiger charge is -2.04. The summed E-state index contributed by atoms with van der Waals surface area (Å²) in [6, 6.07) is 0. The molecule has 40 valence electrons. The lowest BCUT2D eigenvalue weighted by atomic mass is 10.1. The van der Waals surface area contributed by atoms with Gasteiger partial charge >= 0.3 is 0 Å². The summed E-state index contributed by atoms with van der Waals surface area (Å²) in [5.41, 5.74) is 0. The van der Waals surface area contributed by atoms with Crippen molar-refractivity contribution in [3.05, 3.63) is 12.2 Å².